The van der Waals surface area contributed by atoms with Crippen molar-refractivity contribution in [3.05, 3.63) is 92.6 Å². The molecular weight excluding hydrogens is 405 g/mol. The van der Waals surface area contributed by atoms with E-state index < -0.39 is 11.7 Å². The van der Waals surface area contributed by atoms with Crippen LogP contribution in [0.3, 0.4) is 0 Å². The molecule has 0 aliphatic heterocycles. The van der Waals surface area contributed by atoms with Gasteiger partial charge >= 0.3 is 0 Å². The van der Waals surface area contributed by atoms with Gasteiger partial charge in [0.2, 0.25) is 0 Å². The number of ether oxygens (including phenoxy) is 1. The molecule has 1 N–H and O–H groups in total. The predicted octanol–water partition coefficient (Wildman–Crippen LogP) is 4.34. The maximum atomic E-state index is 13.4. The molecule has 2 aromatic heterocycles. The van der Waals surface area contributed by atoms with Crippen molar-refractivity contribution in [1.29, 1.82) is 0 Å². The van der Waals surface area contributed by atoms with Crippen LogP contribution in [0.15, 0.2) is 59.5 Å². The van der Waals surface area contributed by atoms with Crippen molar-refractivity contribution < 1.29 is 13.9 Å². The second-order valence-electron chi connectivity index (χ2n) is 6.83. The average Bonchev–Trinajstić information content (AvgIpc) is 3.08. The van der Waals surface area contributed by atoms with Gasteiger partial charge in [-0.25, -0.2) is 9.37 Å². The number of thiazole rings is 1. The van der Waals surface area contributed by atoms with Crippen LogP contribution in [0.2, 0.25) is 0 Å². The lowest BCUT2D eigenvalue weighted by Crippen LogP contribution is -2.15. The van der Waals surface area contributed by atoms with Gasteiger partial charge in [-0.1, -0.05) is 12.1 Å². The summed E-state index contributed by atoms with van der Waals surface area (Å²) < 4.78 is 20.8. The second kappa shape index (κ2) is 8.08. The Morgan fingerprint density at radius 1 is 1.20 bits per heavy atom. The van der Waals surface area contributed by atoms with Crippen LogP contribution >= 0.6 is 11.3 Å². The van der Waals surface area contributed by atoms with Crippen LogP contribution < -0.4 is 15.6 Å². The zero-order chi connectivity index (χ0) is 21.3. The summed E-state index contributed by atoms with van der Waals surface area (Å²) in [5, 5.41) is 2.76. The normalized spacial score (nSPS) is 10.9. The van der Waals surface area contributed by atoms with E-state index in [0.717, 1.165) is 10.4 Å². The Morgan fingerprint density at radius 3 is 2.83 bits per heavy atom. The van der Waals surface area contributed by atoms with E-state index in [1.54, 1.807) is 18.3 Å². The smallest absolute Gasteiger partial charge is 0.258 e. The third-order valence-corrected chi connectivity index (χ3v) is 5.28. The van der Waals surface area contributed by atoms with Crippen molar-refractivity contribution >= 4 is 27.9 Å². The number of rotatable bonds is 5. The first kappa shape index (κ1) is 19.8. The quantitative estimate of drug-likeness (QED) is 0.518. The van der Waals surface area contributed by atoms with E-state index >= 15 is 0 Å². The minimum absolute atomic E-state index is 0.0641. The van der Waals surface area contributed by atoms with Gasteiger partial charge in [-0.15, -0.1) is 11.3 Å². The highest BCUT2D eigenvalue weighted by Gasteiger charge is 2.12. The van der Waals surface area contributed by atoms with Crippen LogP contribution in [0.4, 0.5) is 10.1 Å². The lowest BCUT2D eigenvalue weighted by molar-refractivity contribution is 0.102. The van der Waals surface area contributed by atoms with Gasteiger partial charge in [0, 0.05) is 22.7 Å². The van der Waals surface area contributed by atoms with Gasteiger partial charge in [0.25, 0.3) is 11.5 Å². The van der Waals surface area contributed by atoms with Gasteiger partial charge in [-0.05, 0) is 49.7 Å². The van der Waals surface area contributed by atoms with Crippen LogP contribution in [0.5, 0.6) is 5.75 Å². The first-order chi connectivity index (χ1) is 14.4. The zero-order valence-corrected chi connectivity index (χ0v) is 17.1. The lowest BCUT2D eigenvalue weighted by atomic mass is 10.1. The van der Waals surface area contributed by atoms with E-state index in [1.807, 2.05) is 19.9 Å². The Morgan fingerprint density at radius 2 is 2.03 bits per heavy atom. The Balaban J connectivity index is 1.56. The standard InChI is InChI=1S/C22H18FN3O3S/c1-13-6-7-19(18(8-13)25-21(28)15-4-3-5-16(23)9-15)29-12-17-10-20(27)26-11-14(2)30-22(26)24-17/h3-11H,12H2,1-2H3,(H,25,28). The number of aryl methyl sites for hydroxylation is 2. The summed E-state index contributed by atoms with van der Waals surface area (Å²) in [5.41, 5.74) is 1.89. The monoisotopic (exact) mass is 423 g/mol. The third kappa shape index (κ3) is 4.23. The molecule has 0 saturated heterocycles. The van der Waals surface area contributed by atoms with E-state index in [4.69, 9.17) is 4.74 Å². The molecule has 0 fully saturated rings. The minimum Gasteiger partial charge on any atom is -0.485 e. The fourth-order valence-electron chi connectivity index (χ4n) is 2.98. The van der Waals surface area contributed by atoms with Gasteiger partial charge in [0.15, 0.2) is 4.96 Å². The molecule has 30 heavy (non-hydrogen) atoms. The number of hydrogen-bond donors (Lipinski definition) is 1. The lowest BCUT2D eigenvalue weighted by Gasteiger charge is -2.13. The second-order valence-corrected chi connectivity index (χ2v) is 8.05. The molecule has 2 heterocycles. The zero-order valence-electron chi connectivity index (χ0n) is 16.3. The van der Waals surface area contributed by atoms with Crippen LogP contribution in [-0.4, -0.2) is 15.3 Å². The van der Waals surface area contributed by atoms with Gasteiger partial charge in [0.05, 0.1) is 11.4 Å². The fraction of sp³-hybridized carbons (Fsp3) is 0.136. The van der Waals surface area contributed by atoms with Gasteiger partial charge in [-0.3, -0.25) is 14.0 Å². The molecule has 152 valence electrons. The molecule has 0 aliphatic rings. The summed E-state index contributed by atoms with van der Waals surface area (Å²) >= 11 is 1.42. The molecule has 2 aromatic carbocycles. The van der Waals surface area contributed by atoms with Crippen molar-refractivity contribution in [1.82, 2.24) is 9.38 Å². The van der Waals surface area contributed by atoms with Crippen molar-refractivity contribution in [3.8, 4) is 5.75 Å². The number of carbonyl (C=O) groups is 1. The first-order valence-electron chi connectivity index (χ1n) is 9.18. The minimum atomic E-state index is -0.486. The van der Waals surface area contributed by atoms with Crippen molar-refractivity contribution in [2.45, 2.75) is 20.5 Å². The van der Waals surface area contributed by atoms with E-state index in [-0.39, 0.29) is 17.7 Å². The number of hydrogen-bond acceptors (Lipinski definition) is 5. The molecule has 0 atom stereocenters. The predicted molar refractivity (Wildman–Crippen MR) is 114 cm³/mol. The number of nitrogens with one attached hydrogen (secondary N) is 1. The molecule has 0 aliphatic carbocycles. The van der Waals surface area contributed by atoms with Crippen LogP contribution in [0.1, 0.15) is 26.5 Å². The van der Waals surface area contributed by atoms with E-state index in [1.165, 1.54) is 46.1 Å². The Bertz CT molecular complexity index is 1310. The molecule has 1 amide bonds. The van der Waals surface area contributed by atoms with Crippen molar-refractivity contribution in [2.75, 3.05) is 5.32 Å². The molecular formula is C22H18FN3O3S. The van der Waals surface area contributed by atoms with Gasteiger partial charge < -0.3 is 10.1 Å². The van der Waals surface area contributed by atoms with Crippen LogP contribution in [0, 0.1) is 19.7 Å². The molecule has 8 heteroatoms. The molecule has 0 radical (unpaired) electrons. The number of anilines is 1. The van der Waals surface area contributed by atoms with E-state index in [9.17, 15) is 14.0 Å². The summed E-state index contributed by atoms with van der Waals surface area (Å²) in [7, 11) is 0. The highest BCUT2D eigenvalue weighted by molar-refractivity contribution is 7.16. The number of halogens is 1. The maximum Gasteiger partial charge on any atom is 0.258 e. The number of nitrogens with zero attached hydrogens (tertiary/aromatic N) is 2. The molecule has 0 spiro atoms. The van der Waals surface area contributed by atoms with Gasteiger partial charge in [0.1, 0.15) is 18.2 Å². The average molecular weight is 423 g/mol. The summed E-state index contributed by atoms with van der Waals surface area (Å²) in [6.45, 7) is 3.86. The Kier molecular flexibility index (Phi) is 5.33. The highest BCUT2D eigenvalue weighted by atomic mass is 32.1. The molecule has 0 saturated carbocycles. The largest absolute Gasteiger partial charge is 0.485 e. The van der Waals surface area contributed by atoms with Gasteiger partial charge in [-0.2, -0.15) is 0 Å². The number of carbonyl (C=O) groups excluding carboxylic acids is 1. The molecule has 4 aromatic rings. The SMILES string of the molecule is Cc1ccc(OCc2cc(=O)n3cc(C)sc3n2)c(NC(=O)c2cccc(F)c2)c1. The third-order valence-electron chi connectivity index (χ3n) is 4.38. The van der Waals surface area contributed by atoms with Crippen molar-refractivity contribution in [2.24, 2.45) is 0 Å². The Labute approximate surface area is 175 Å². The van der Waals surface area contributed by atoms with Crippen LogP contribution in [0.25, 0.3) is 4.96 Å². The number of aromatic nitrogens is 2. The fourth-order valence-corrected chi connectivity index (χ4v) is 3.83. The van der Waals surface area contributed by atoms with Crippen LogP contribution in [-0.2, 0) is 6.61 Å². The molecule has 0 unspecified atom stereocenters. The maximum absolute atomic E-state index is 13.4. The number of fused-ring (bicyclic) bond motifs is 1. The van der Waals surface area contributed by atoms with E-state index in [0.29, 0.717) is 22.1 Å². The molecule has 0 bridgehead atoms. The molecule has 6 nitrogen and oxygen atoms in total. The highest BCUT2D eigenvalue weighted by Crippen LogP contribution is 2.27. The summed E-state index contributed by atoms with van der Waals surface area (Å²) in [5.74, 6) is -0.508. The first-order valence-corrected chi connectivity index (χ1v) is 10.00. The van der Waals surface area contributed by atoms with E-state index in [2.05, 4.69) is 10.3 Å². The topological polar surface area (TPSA) is 72.7 Å². The molecule has 4 rings (SSSR count). The summed E-state index contributed by atoms with van der Waals surface area (Å²) in [4.78, 5) is 30.8. The summed E-state index contributed by atoms with van der Waals surface area (Å²) in [6.07, 6.45) is 1.75. The summed E-state index contributed by atoms with van der Waals surface area (Å²) in [6, 6.07) is 12.2. The number of amides is 1. The number of benzene rings is 2. The Hall–Kier alpha value is -3.52. The van der Waals surface area contributed by atoms with Crippen molar-refractivity contribution in [3.63, 3.8) is 0 Å².